The summed E-state index contributed by atoms with van der Waals surface area (Å²) in [6.45, 7) is -0.598. The van der Waals surface area contributed by atoms with Crippen LogP contribution in [0.1, 0.15) is 0 Å². The topological polar surface area (TPSA) is 90.1 Å². The molecule has 0 atom stereocenters. The van der Waals surface area contributed by atoms with E-state index >= 15 is 0 Å². The number of aromatic amines is 1. The fraction of sp³-hybridized carbons (Fsp3) is 0.200. The van der Waals surface area contributed by atoms with Crippen molar-refractivity contribution < 1.29 is 44.2 Å². The van der Waals surface area contributed by atoms with E-state index in [9.17, 15) is 9.90 Å². The van der Waals surface area contributed by atoms with Crippen molar-refractivity contribution in [3.63, 3.8) is 0 Å². The SMILES string of the molecule is O=C(Nc1nc2ccccc2[nH]1)OCC[O-].[Na+]. The quantitative estimate of drug-likeness (QED) is 0.582. The summed E-state index contributed by atoms with van der Waals surface area (Å²) in [6, 6.07) is 7.37. The number of para-hydroxylation sites is 2. The summed E-state index contributed by atoms with van der Waals surface area (Å²) in [5.74, 6) is 0.303. The maximum absolute atomic E-state index is 11.1. The molecule has 0 bridgehead atoms. The van der Waals surface area contributed by atoms with Crippen LogP contribution in [0.2, 0.25) is 0 Å². The van der Waals surface area contributed by atoms with Crippen molar-refractivity contribution in [3.05, 3.63) is 24.3 Å². The summed E-state index contributed by atoms with van der Waals surface area (Å²) in [4.78, 5) is 18.1. The minimum absolute atomic E-state index is 0. The Morgan fingerprint density at radius 1 is 1.47 bits per heavy atom. The summed E-state index contributed by atoms with van der Waals surface area (Å²) < 4.78 is 4.57. The molecular weight excluding hydrogens is 233 g/mol. The molecule has 0 fully saturated rings. The van der Waals surface area contributed by atoms with Crippen LogP contribution in [0.3, 0.4) is 0 Å². The number of ether oxygens (including phenoxy) is 1. The van der Waals surface area contributed by atoms with Gasteiger partial charge in [0.1, 0.15) is 0 Å². The van der Waals surface area contributed by atoms with Gasteiger partial charge in [-0.25, -0.2) is 9.78 Å². The fourth-order valence-electron chi connectivity index (χ4n) is 1.28. The van der Waals surface area contributed by atoms with E-state index in [2.05, 4.69) is 20.0 Å². The van der Waals surface area contributed by atoms with E-state index in [0.717, 1.165) is 11.0 Å². The Kier molecular flexibility index (Phi) is 5.43. The number of hydrogen-bond donors (Lipinski definition) is 2. The summed E-state index contributed by atoms with van der Waals surface area (Å²) in [5, 5.41) is 12.5. The van der Waals surface area contributed by atoms with Crippen LogP contribution in [0, 0.1) is 0 Å². The Bertz CT molecular complexity index is 467. The van der Waals surface area contributed by atoms with Crippen LogP contribution in [0.15, 0.2) is 24.3 Å². The molecule has 2 N–H and O–H groups in total. The smallest absolute Gasteiger partial charge is 0.852 e. The first-order chi connectivity index (χ1) is 7.79. The number of nitrogens with zero attached hydrogens (tertiary/aromatic N) is 1. The Balaban J connectivity index is 0.00000144. The molecule has 2 rings (SSSR count). The number of H-pyrrole nitrogens is 1. The predicted octanol–water partition coefficient (Wildman–Crippen LogP) is -2.52. The average molecular weight is 243 g/mol. The number of benzene rings is 1. The predicted molar refractivity (Wildman–Crippen MR) is 55.9 cm³/mol. The Hall–Kier alpha value is -1.08. The van der Waals surface area contributed by atoms with Crippen LogP contribution in [0.5, 0.6) is 0 Å². The molecule has 1 amide bonds. The molecule has 1 aromatic heterocycles. The first kappa shape index (κ1) is 14.0. The standard InChI is InChI=1S/C10H10N3O3.Na/c14-5-6-16-10(15)13-9-11-7-3-1-2-4-8(7)12-9;/h1-4H,5-6H2,(H2,11,12,13,15);/q-1;+1. The van der Waals surface area contributed by atoms with E-state index in [1.165, 1.54) is 0 Å². The van der Waals surface area contributed by atoms with E-state index in [1.807, 2.05) is 24.3 Å². The second-order valence-electron chi connectivity index (χ2n) is 3.07. The molecule has 6 nitrogen and oxygen atoms in total. The molecule has 7 heteroatoms. The third kappa shape index (κ3) is 3.71. The number of carbonyl (C=O) groups is 1. The van der Waals surface area contributed by atoms with Crippen molar-refractivity contribution in [2.75, 3.05) is 18.5 Å². The third-order valence-corrected chi connectivity index (χ3v) is 1.93. The van der Waals surface area contributed by atoms with Crippen molar-refractivity contribution in [2.24, 2.45) is 0 Å². The molecule has 2 aromatic rings. The van der Waals surface area contributed by atoms with E-state index in [4.69, 9.17) is 0 Å². The molecule has 0 saturated heterocycles. The molecule has 17 heavy (non-hydrogen) atoms. The van der Waals surface area contributed by atoms with Crippen molar-refractivity contribution in [2.45, 2.75) is 0 Å². The van der Waals surface area contributed by atoms with Crippen LogP contribution in [-0.4, -0.2) is 29.3 Å². The number of anilines is 1. The van der Waals surface area contributed by atoms with Gasteiger partial charge in [-0.3, -0.25) is 5.32 Å². The van der Waals surface area contributed by atoms with Gasteiger partial charge in [0, 0.05) is 0 Å². The Labute approximate surface area is 120 Å². The van der Waals surface area contributed by atoms with Gasteiger partial charge in [0.15, 0.2) is 0 Å². The van der Waals surface area contributed by atoms with Crippen molar-refractivity contribution in [3.8, 4) is 0 Å². The van der Waals surface area contributed by atoms with Gasteiger partial charge in [-0.05, 0) is 12.1 Å². The maximum atomic E-state index is 11.1. The molecule has 0 aliphatic heterocycles. The first-order valence-corrected chi connectivity index (χ1v) is 4.76. The average Bonchev–Trinajstić information content (AvgIpc) is 2.68. The third-order valence-electron chi connectivity index (χ3n) is 1.93. The van der Waals surface area contributed by atoms with Gasteiger partial charge in [-0.1, -0.05) is 12.1 Å². The van der Waals surface area contributed by atoms with Crippen LogP contribution < -0.4 is 40.0 Å². The molecule has 0 saturated carbocycles. The van der Waals surface area contributed by atoms with E-state index in [0.29, 0.717) is 5.95 Å². The van der Waals surface area contributed by atoms with Crippen LogP contribution in [-0.2, 0) is 4.74 Å². The second-order valence-corrected chi connectivity index (χ2v) is 3.07. The van der Waals surface area contributed by atoms with Gasteiger partial charge in [0.2, 0.25) is 5.95 Å². The molecule has 0 aliphatic rings. The molecule has 0 spiro atoms. The number of hydrogen-bond acceptors (Lipinski definition) is 4. The fourth-order valence-corrected chi connectivity index (χ4v) is 1.28. The first-order valence-electron chi connectivity index (χ1n) is 4.76. The summed E-state index contributed by atoms with van der Waals surface area (Å²) in [5.41, 5.74) is 1.57. The number of nitrogens with one attached hydrogen (secondary N) is 2. The molecule has 0 aliphatic carbocycles. The van der Waals surface area contributed by atoms with E-state index in [-0.39, 0.29) is 36.2 Å². The zero-order valence-corrected chi connectivity index (χ0v) is 11.4. The van der Waals surface area contributed by atoms with E-state index < -0.39 is 12.7 Å². The number of carbonyl (C=O) groups excluding carboxylic acids is 1. The number of aromatic nitrogens is 2. The number of rotatable bonds is 3. The van der Waals surface area contributed by atoms with E-state index in [1.54, 1.807) is 0 Å². The van der Waals surface area contributed by atoms with Gasteiger partial charge in [-0.15, -0.1) is 6.61 Å². The summed E-state index contributed by atoms with van der Waals surface area (Å²) >= 11 is 0. The molecule has 84 valence electrons. The van der Waals surface area contributed by atoms with Crippen LogP contribution in [0.25, 0.3) is 11.0 Å². The van der Waals surface area contributed by atoms with Gasteiger partial charge in [-0.2, -0.15) is 0 Å². The van der Waals surface area contributed by atoms with Gasteiger partial charge in [0.05, 0.1) is 17.6 Å². The number of fused-ring (bicyclic) bond motifs is 1. The molecule has 0 radical (unpaired) electrons. The van der Waals surface area contributed by atoms with Gasteiger partial charge >= 0.3 is 35.7 Å². The summed E-state index contributed by atoms with van der Waals surface area (Å²) in [7, 11) is 0. The van der Waals surface area contributed by atoms with Crippen molar-refractivity contribution >= 4 is 23.1 Å². The van der Waals surface area contributed by atoms with Gasteiger partial charge < -0.3 is 14.8 Å². The minimum atomic E-state index is -0.685. The molecule has 1 aromatic carbocycles. The maximum Gasteiger partial charge on any atom is 1.00 e. The van der Waals surface area contributed by atoms with Crippen molar-refractivity contribution in [1.82, 2.24) is 9.97 Å². The zero-order valence-electron chi connectivity index (χ0n) is 9.40. The Morgan fingerprint density at radius 3 is 2.94 bits per heavy atom. The zero-order chi connectivity index (χ0) is 11.4. The number of imidazole rings is 1. The second kappa shape index (κ2) is 6.61. The normalized spacial score (nSPS) is 9.71. The monoisotopic (exact) mass is 243 g/mol. The van der Waals surface area contributed by atoms with Gasteiger partial charge in [0.25, 0.3) is 0 Å². The number of amides is 1. The van der Waals surface area contributed by atoms with Crippen molar-refractivity contribution in [1.29, 1.82) is 0 Å². The Morgan fingerprint density at radius 2 is 2.24 bits per heavy atom. The molecule has 0 unspecified atom stereocenters. The van der Waals surface area contributed by atoms with Crippen LogP contribution >= 0.6 is 0 Å². The largest absolute Gasteiger partial charge is 1.00 e. The summed E-state index contributed by atoms with van der Waals surface area (Å²) in [6.07, 6.45) is -0.685. The minimum Gasteiger partial charge on any atom is -0.852 e. The van der Waals surface area contributed by atoms with Crippen LogP contribution in [0.4, 0.5) is 10.7 Å². The molecule has 1 heterocycles. The molecular formula is C10H10N3NaO3.